The van der Waals surface area contributed by atoms with E-state index in [1.165, 1.54) is 0 Å². The van der Waals surface area contributed by atoms with Crippen molar-refractivity contribution < 1.29 is 24.2 Å². The largest absolute Gasteiger partial charge is 0.497 e. The van der Waals surface area contributed by atoms with Gasteiger partial charge in [-0.3, -0.25) is 14.5 Å². The van der Waals surface area contributed by atoms with E-state index < -0.39 is 12.0 Å². The van der Waals surface area contributed by atoms with Gasteiger partial charge in [0.2, 0.25) is 5.91 Å². The Kier molecular flexibility index (Phi) is 5.66. The number of benzene rings is 1. The highest BCUT2D eigenvalue weighted by molar-refractivity contribution is 5.81. The lowest BCUT2D eigenvalue weighted by molar-refractivity contribution is -0.143. The molecular weight excluding hydrogens is 336 g/mol. The molecule has 26 heavy (non-hydrogen) atoms. The van der Waals surface area contributed by atoms with E-state index in [0.717, 1.165) is 24.8 Å². The standard InChI is InChI=1S/C19H26N2O5/c1-25-13-7-8-14(17(11-13)26-2)15-5-4-10-21(15)18(22)12-20-9-3-6-16(20)19(23)24/h7-8,11,15-16H,3-6,9-10,12H2,1-2H3,(H,23,24). The van der Waals surface area contributed by atoms with Gasteiger partial charge in [-0.1, -0.05) is 0 Å². The van der Waals surface area contributed by atoms with Crippen LogP contribution in [0.1, 0.15) is 37.3 Å². The van der Waals surface area contributed by atoms with Crippen LogP contribution >= 0.6 is 0 Å². The third-order valence-electron chi connectivity index (χ3n) is 5.36. The van der Waals surface area contributed by atoms with Crippen LogP contribution in [-0.2, 0) is 9.59 Å². The molecule has 2 fully saturated rings. The van der Waals surface area contributed by atoms with E-state index in [0.29, 0.717) is 31.0 Å². The summed E-state index contributed by atoms with van der Waals surface area (Å²) in [5, 5.41) is 9.31. The van der Waals surface area contributed by atoms with Crippen LogP contribution in [0.2, 0.25) is 0 Å². The molecule has 0 saturated carbocycles. The molecule has 2 aliphatic rings. The Morgan fingerprint density at radius 1 is 1.15 bits per heavy atom. The first-order valence-corrected chi connectivity index (χ1v) is 9.03. The first-order valence-electron chi connectivity index (χ1n) is 9.03. The molecule has 7 heteroatoms. The number of likely N-dealkylation sites (tertiary alicyclic amines) is 2. The van der Waals surface area contributed by atoms with E-state index >= 15 is 0 Å². The van der Waals surface area contributed by atoms with Crippen molar-refractivity contribution in [2.45, 2.75) is 37.8 Å². The first kappa shape index (κ1) is 18.5. The molecule has 2 aliphatic heterocycles. The molecule has 7 nitrogen and oxygen atoms in total. The second-order valence-electron chi connectivity index (χ2n) is 6.82. The zero-order valence-corrected chi connectivity index (χ0v) is 15.3. The predicted octanol–water partition coefficient (Wildman–Crippen LogP) is 1.92. The van der Waals surface area contributed by atoms with E-state index in [1.54, 1.807) is 19.1 Å². The summed E-state index contributed by atoms with van der Waals surface area (Å²) in [6, 6.07) is 5.06. The van der Waals surface area contributed by atoms with Crippen LogP contribution in [0.25, 0.3) is 0 Å². The summed E-state index contributed by atoms with van der Waals surface area (Å²) in [4.78, 5) is 27.9. The normalized spacial score (nSPS) is 23.2. The Hall–Kier alpha value is -2.28. The van der Waals surface area contributed by atoms with Crippen molar-refractivity contribution in [3.8, 4) is 11.5 Å². The number of nitrogens with zero attached hydrogens (tertiary/aromatic N) is 2. The van der Waals surface area contributed by atoms with Crippen LogP contribution in [0, 0.1) is 0 Å². The SMILES string of the molecule is COc1ccc(C2CCCN2C(=O)CN2CCCC2C(=O)O)c(OC)c1. The summed E-state index contributed by atoms with van der Waals surface area (Å²) in [6.45, 7) is 1.50. The Morgan fingerprint density at radius 2 is 1.92 bits per heavy atom. The van der Waals surface area contributed by atoms with Gasteiger partial charge in [-0.05, 0) is 44.4 Å². The van der Waals surface area contributed by atoms with Gasteiger partial charge in [0.05, 0.1) is 26.8 Å². The van der Waals surface area contributed by atoms with Gasteiger partial charge in [-0.2, -0.15) is 0 Å². The Bertz CT molecular complexity index is 678. The summed E-state index contributed by atoms with van der Waals surface area (Å²) in [7, 11) is 3.22. The number of amides is 1. The van der Waals surface area contributed by atoms with Crippen molar-refractivity contribution in [2.24, 2.45) is 0 Å². The van der Waals surface area contributed by atoms with E-state index in [9.17, 15) is 14.7 Å². The van der Waals surface area contributed by atoms with Crippen molar-refractivity contribution in [3.05, 3.63) is 23.8 Å². The van der Waals surface area contributed by atoms with Crippen molar-refractivity contribution in [1.82, 2.24) is 9.80 Å². The molecule has 0 radical (unpaired) electrons. The van der Waals surface area contributed by atoms with Crippen LogP contribution < -0.4 is 9.47 Å². The second kappa shape index (κ2) is 7.95. The minimum atomic E-state index is -0.843. The molecule has 2 unspecified atom stereocenters. The average molecular weight is 362 g/mol. The van der Waals surface area contributed by atoms with Gasteiger partial charge in [-0.15, -0.1) is 0 Å². The highest BCUT2D eigenvalue weighted by Gasteiger charge is 2.36. The second-order valence-corrected chi connectivity index (χ2v) is 6.82. The van der Waals surface area contributed by atoms with Crippen LogP contribution in [-0.4, -0.2) is 66.7 Å². The molecule has 1 N–H and O–H groups in total. The predicted molar refractivity (Wildman–Crippen MR) is 95.5 cm³/mol. The average Bonchev–Trinajstić information content (AvgIpc) is 3.30. The Morgan fingerprint density at radius 3 is 2.62 bits per heavy atom. The smallest absolute Gasteiger partial charge is 0.320 e. The monoisotopic (exact) mass is 362 g/mol. The summed E-state index contributed by atoms with van der Waals surface area (Å²) < 4.78 is 10.8. The number of aliphatic carboxylic acids is 1. The molecule has 0 aromatic heterocycles. The molecule has 2 saturated heterocycles. The number of carboxylic acid groups (broad SMARTS) is 1. The number of rotatable bonds is 6. The van der Waals surface area contributed by atoms with Crippen molar-refractivity contribution in [1.29, 1.82) is 0 Å². The minimum Gasteiger partial charge on any atom is -0.497 e. The highest BCUT2D eigenvalue weighted by atomic mass is 16.5. The molecule has 0 spiro atoms. The third kappa shape index (κ3) is 3.62. The van der Waals surface area contributed by atoms with Gasteiger partial charge in [0.15, 0.2) is 0 Å². The quantitative estimate of drug-likeness (QED) is 0.833. The zero-order chi connectivity index (χ0) is 18.7. The van der Waals surface area contributed by atoms with Gasteiger partial charge in [0.1, 0.15) is 17.5 Å². The number of ether oxygens (including phenoxy) is 2. The number of carboxylic acids is 1. The molecular formula is C19H26N2O5. The molecule has 0 bridgehead atoms. The fourth-order valence-corrected chi connectivity index (χ4v) is 4.04. The van der Waals surface area contributed by atoms with Gasteiger partial charge in [-0.25, -0.2) is 0 Å². The summed E-state index contributed by atoms with van der Waals surface area (Å²) >= 11 is 0. The summed E-state index contributed by atoms with van der Waals surface area (Å²) in [5.74, 6) is 0.560. The lowest BCUT2D eigenvalue weighted by Crippen LogP contribution is -2.44. The fourth-order valence-electron chi connectivity index (χ4n) is 4.04. The maximum absolute atomic E-state index is 12.9. The molecule has 0 aliphatic carbocycles. The van der Waals surface area contributed by atoms with Crippen molar-refractivity contribution >= 4 is 11.9 Å². The van der Waals surface area contributed by atoms with Gasteiger partial charge in [0.25, 0.3) is 0 Å². The van der Waals surface area contributed by atoms with Crippen LogP contribution in [0.5, 0.6) is 11.5 Å². The highest BCUT2D eigenvalue weighted by Crippen LogP contribution is 2.38. The Balaban J connectivity index is 1.76. The summed E-state index contributed by atoms with van der Waals surface area (Å²) in [5.41, 5.74) is 0.968. The number of hydrogen-bond donors (Lipinski definition) is 1. The maximum Gasteiger partial charge on any atom is 0.320 e. The molecule has 2 atom stereocenters. The first-order chi connectivity index (χ1) is 12.5. The molecule has 3 rings (SSSR count). The van der Waals surface area contributed by atoms with Gasteiger partial charge in [0, 0.05) is 18.2 Å². The molecule has 1 aromatic rings. The van der Waals surface area contributed by atoms with Crippen LogP contribution in [0.4, 0.5) is 0 Å². The molecule has 1 aromatic carbocycles. The molecule has 1 amide bonds. The van der Waals surface area contributed by atoms with E-state index in [1.807, 2.05) is 23.1 Å². The van der Waals surface area contributed by atoms with Crippen molar-refractivity contribution in [3.63, 3.8) is 0 Å². The van der Waals surface area contributed by atoms with Crippen LogP contribution in [0.15, 0.2) is 18.2 Å². The summed E-state index contributed by atoms with van der Waals surface area (Å²) in [6.07, 6.45) is 3.23. The minimum absolute atomic E-state index is 0.0153. The lowest BCUT2D eigenvalue weighted by atomic mass is 10.0. The van der Waals surface area contributed by atoms with Gasteiger partial charge < -0.3 is 19.5 Å². The van der Waals surface area contributed by atoms with E-state index in [-0.39, 0.29) is 18.5 Å². The lowest BCUT2D eigenvalue weighted by Gasteiger charge is -2.29. The number of methoxy groups -OCH3 is 2. The van der Waals surface area contributed by atoms with E-state index in [4.69, 9.17) is 9.47 Å². The molecule has 142 valence electrons. The van der Waals surface area contributed by atoms with E-state index in [2.05, 4.69) is 0 Å². The molecule has 2 heterocycles. The number of carbonyl (C=O) groups excluding carboxylic acids is 1. The van der Waals surface area contributed by atoms with Crippen molar-refractivity contribution in [2.75, 3.05) is 33.9 Å². The van der Waals surface area contributed by atoms with Gasteiger partial charge >= 0.3 is 5.97 Å². The number of carbonyl (C=O) groups is 2. The van der Waals surface area contributed by atoms with Crippen LogP contribution in [0.3, 0.4) is 0 Å². The number of hydrogen-bond acceptors (Lipinski definition) is 5. The Labute approximate surface area is 153 Å². The fraction of sp³-hybridized carbons (Fsp3) is 0.579. The third-order valence-corrected chi connectivity index (χ3v) is 5.36. The maximum atomic E-state index is 12.9. The topological polar surface area (TPSA) is 79.3 Å². The zero-order valence-electron chi connectivity index (χ0n) is 15.3.